The highest BCUT2D eigenvalue weighted by atomic mass is 16.6. The smallest absolute Gasteiger partial charge is 0.416 e. The number of hydrogen-bond donors (Lipinski definition) is 2. The molecular weight excluding hydrogens is 568 g/mol. The first-order valence-electron chi connectivity index (χ1n) is 14.8. The number of ether oxygens (including phenoxy) is 2. The van der Waals surface area contributed by atoms with E-state index in [2.05, 4.69) is 10.6 Å². The number of rotatable bonds is 6. The summed E-state index contributed by atoms with van der Waals surface area (Å²) in [6.45, 7) is 3.95. The van der Waals surface area contributed by atoms with Gasteiger partial charge in [0.15, 0.2) is 0 Å². The second-order valence-corrected chi connectivity index (χ2v) is 11.6. The molecular formula is C32H36N4O8. The summed E-state index contributed by atoms with van der Waals surface area (Å²) in [5, 5.41) is 5.42. The van der Waals surface area contributed by atoms with Crippen molar-refractivity contribution < 1.29 is 38.2 Å². The summed E-state index contributed by atoms with van der Waals surface area (Å²) in [4.78, 5) is 74.4. The molecule has 4 aliphatic rings. The van der Waals surface area contributed by atoms with E-state index in [1.54, 1.807) is 13.8 Å². The summed E-state index contributed by atoms with van der Waals surface area (Å²) in [6.07, 6.45) is 0.139. The third-order valence-electron chi connectivity index (χ3n) is 8.45. The molecule has 4 saturated heterocycles. The predicted molar refractivity (Wildman–Crippen MR) is 156 cm³/mol. The number of cyclic esters (lactones) is 2. The molecule has 2 N–H and O–H groups in total. The molecule has 0 radical (unpaired) electrons. The van der Waals surface area contributed by atoms with Gasteiger partial charge in [0, 0.05) is 24.9 Å². The molecule has 0 spiro atoms. The Morgan fingerprint density at radius 3 is 1.34 bits per heavy atom. The summed E-state index contributed by atoms with van der Waals surface area (Å²) in [6, 6.07) is 18.2. The third kappa shape index (κ3) is 6.74. The van der Waals surface area contributed by atoms with Crippen LogP contribution in [0.5, 0.6) is 0 Å². The Morgan fingerprint density at radius 2 is 1.02 bits per heavy atom. The molecule has 44 heavy (non-hydrogen) atoms. The largest absolute Gasteiger partial charge is 0.447 e. The van der Waals surface area contributed by atoms with Gasteiger partial charge in [-0.2, -0.15) is 0 Å². The number of nitrogens with one attached hydrogen (secondary N) is 2. The van der Waals surface area contributed by atoms with Gasteiger partial charge in [0.05, 0.1) is 23.9 Å². The lowest BCUT2D eigenvalue weighted by Crippen LogP contribution is -2.45. The Morgan fingerprint density at radius 1 is 0.659 bits per heavy atom. The van der Waals surface area contributed by atoms with E-state index < -0.39 is 24.0 Å². The highest BCUT2D eigenvalue weighted by Gasteiger charge is 2.46. The SMILES string of the molecule is C[C@@H]1NC(=O)C[C@H]1C(=O)N1C(=O)OCC1Cc1ccccc1.C[C@H]1NC(=O)C[C@@H]1C(=O)N1C(=O)OC[C@H]1Cc1ccccc1. The lowest BCUT2D eigenvalue weighted by Gasteiger charge is -2.24. The maximum Gasteiger partial charge on any atom is 0.416 e. The van der Waals surface area contributed by atoms with Crippen LogP contribution in [0.4, 0.5) is 9.59 Å². The van der Waals surface area contributed by atoms with Crippen molar-refractivity contribution in [2.75, 3.05) is 13.2 Å². The van der Waals surface area contributed by atoms with Crippen molar-refractivity contribution in [2.24, 2.45) is 11.8 Å². The molecule has 0 bridgehead atoms. The molecule has 1 unspecified atom stereocenters. The monoisotopic (exact) mass is 604 g/mol. The Balaban J connectivity index is 0.000000175. The third-order valence-corrected chi connectivity index (χ3v) is 8.45. The van der Waals surface area contributed by atoms with Crippen molar-refractivity contribution in [1.82, 2.24) is 20.4 Å². The standard InChI is InChI=1S/2C16H18N2O4/c2*1-10-13(8-14(19)17-10)15(20)18-12(9-22-16(18)21)7-11-5-3-2-4-6-11/h2*2-6,10,12-13H,7-9H2,1H3,(H,17,19)/t10-,12?,13+;10-,12-,13+/m01/s1. The van der Waals surface area contributed by atoms with Crippen molar-refractivity contribution in [3.05, 3.63) is 71.8 Å². The summed E-state index contributed by atoms with van der Waals surface area (Å²) in [5.74, 6) is -1.97. The van der Waals surface area contributed by atoms with Crippen molar-refractivity contribution in [3.8, 4) is 0 Å². The molecule has 6 atom stereocenters. The van der Waals surface area contributed by atoms with Gasteiger partial charge in [0.2, 0.25) is 23.6 Å². The van der Waals surface area contributed by atoms with Gasteiger partial charge in [0.25, 0.3) is 0 Å². The van der Waals surface area contributed by atoms with E-state index >= 15 is 0 Å². The molecule has 4 aliphatic heterocycles. The van der Waals surface area contributed by atoms with Gasteiger partial charge in [-0.15, -0.1) is 0 Å². The molecule has 0 saturated carbocycles. The van der Waals surface area contributed by atoms with Crippen LogP contribution in [0.1, 0.15) is 37.8 Å². The molecule has 6 amide bonds. The van der Waals surface area contributed by atoms with E-state index in [-0.39, 0.29) is 73.9 Å². The van der Waals surface area contributed by atoms with Crippen LogP contribution in [0.2, 0.25) is 0 Å². The zero-order valence-corrected chi connectivity index (χ0v) is 24.6. The average Bonchev–Trinajstić information content (AvgIpc) is 3.75. The van der Waals surface area contributed by atoms with Crippen LogP contribution < -0.4 is 10.6 Å². The minimum Gasteiger partial charge on any atom is -0.447 e. The van der Waals surface area contributed by atoms with Gasteiger partial charge in [-0.05, 0) is 37.8 Å². The fraction of sp³-hybridized carbons (Fsp3) is 0.438. The molecule has 4 heterocycles. The topological polar surface area (TPSA) is 151 Å². The van der Waals surface area contributed by atoms with E-state index in [1.807, 2.05) is 60.7 Å². The van der Waals surface area contributed by atoms with Crippen LogP contribution in [-0.4, -0.2) is 83.0 Å². The van der Waals surface area contributed by atoms with Crippen LogP contribution in [0, 0.1) is 11.8 Å². The first kappa shape index (κ1) is 30.7. The molecule has 6 rings (SSSR count). The van der Waals surface area contributed by atoms with Crippen LogP contribution >= 0.6 is 0 Å². The van der Waals surface area contributed by atoms with Crippen LogP contribution in [0.3, 0.4) is 0 Å². The normalized spacial score (nSPS) is 27.7. The van der Waals surface area contributed by atoms with Gasteiger partial charge in [0.1, 0.15) is 13.2 Å². The first-order chi connectivity index (χ1) is 21.1. The summed E-state index contributed by atoms with van der Waals surface area (Å²) >= 11 is 0. The van der Waals surface area contributed by atoms with E-state index in [9.17, 15) is 28.8 Å². The number of hydrogen-bond acceptors (Lipinski definition) is 8. The van der Waals surface area contributed by atoms with Gasteiger partial charge in [-0.3, -0.25) is 19.2 Å². The number of nitrogens with zero attached hydrogens (tertiary/aromatic N) is 2. The quantitative estimate of drug-likeness (QED) is 0.509. The summed E-state index contributed by atoms with van der Waals surface area (Å²) in [7, 11) is 0. The van der Waals surface area contributed by atoms with Gasteiger partial charge >= 0.3 is 12.2 Å². The Hall–Kier alpha value is -4.74. The van der Waals surface area contributed by atoms with Gasteiger partial charge in [-0.25, -0.2) is 19.4 Å². The lowest BCUT2D eigenvalue weighted by atomic mass is 9.98. The molecule has 2 aromatic carbocycles. The Bertz CT molecular complexity index is 1310. The maximum atomic E-state index is 12.6. The molecule has 12 heteroatoms. The van der Waals surface area contributed by atoms with Crippen LogP contribution in [0.15, 0.2) is 60.7 Å². The highest BCUT2D eigenvalue weighted by molar-refractivity contribution is 5.99. The van der Waals surface area contributed by atoms with Crippen molar-refractivity contribution >= 4 is 35.8 Å². The number of amides is 6. The fourth-order valence-electron chi connectivity index (χ4n) is 6.07. The van der Waals surface area contributed by atoms with Gasteiger partial charge in [-0.1, -0.05) is 60.7 Å². The highest BCUT2D eigenvalue weighted by Crippen LogP contribution is 2.26. The summed E-state index contributed by atoms with van der Waals surface area (Å²) < 4.78 is 10.1. The van der Waals surface area contributed by atoms with Crippen molar-refractivity contribution in [3.63, 3.8) is 0 Å². The number of imide groups is 2. The average molecular weight is 605 g/mol. The van der Waals surface area contributed by atoms with E-state index in [0.717, 1.165) is 11.1 Å². The molecule has 2 aromatic rings. The Kier molecular flexibility index (Phi) is 9.26. The molecule has 12 nitrogen and oxygen atoms in total. The molecule has 232 valence electrons. The first-order valence-corrected chi connectivity index (χ1v) is 14.8. The van der Waals surface area contributed by atoms with E-state index in [4.69, 9.17) is 9.47 Å². The number of carbonyl (C=O) groups is 6. The van der Waals surface area contributed by atoms with Gasteiger partial charge < -0.3 is 20.1 Å². The molecule has 4 fully saturated rings. The van der Waals surface area contributed by atoms with Crippen LogP contribution in [0.25, 0.3) is 0 Å². The van der Waals surface area contributed by atoms with Crippen molar-refractivity contribution in [2.45, 2.75) is 63.7 Å². The molecule has 0 aliphatic carbocycles. The van der Waals surface area contributed by atoms with Crippen LogP contribution in [-0.2, 0) is 41.5 Å². The predicted octanol–water partition coefficient (Wildman–Crippen LogP) is 2.20. The lowest BCUT2D eigenvalue weighted by molar-refractivity contribution is -0.135. The molecule has 0 aromatic heterocycles. The van der Waals surface area contributed by atoms with Crippen molar-refractivity contribution in [1.29, 1.82) is 0 Å². The minimum atomic E-state index is -0.613. The minimum absolute atomic E-state index is 0.127. The fourth-order valence-corrected chi connectivity index (χ4v) is 6.07. The number of benzene rings is 2. The number of carbonyl (C=O) groups excluding carboxylic acids is 6. The second kappa shape index (κ2) is 13.3. The zero-order chi connectivity index (χ0) is 31.4. The van der Waals surface area contributed by atoms with E-state index in [1.165, 1.54) is 9.80 Å². The van der Waals surface area contributed by atoms with E-state index in [0.29, 0.717) is 12.8 Å². The maximum absolute atomic E-state index is 12.6. The second-order valence-electron chi connectivity index (χ2n) is 11.6. The summed E-state index contributed by atoms with van der Waals surface area (Å²) in [5.41, 5.74) is 2.08. The Labute approximate surface area is 255 Å². The zero-order valence-electron chi connectivity index (χ0n) is 24.6.